The summed E-state index contributed by atoms with van der Waals surface area (Å²) >= 11 is 0. The number of benzene rings is 2. The van der Waals surface area contributed by atoms with Gasteiger partial charge < -0.3 is 25.4 Å². The first-order valence-corrected chi connectivity index (χ1v) is 8.52. The van der Waals surface area contributed by atoms with Gasteiger partial charge in [0.15, 0.2) is 17.5 Å². The Morgan fingerprint density at radius 2 is 1.74 bits per heavy atom. The van der Waals surface area contributed by atoms with Gasteiger partial charge in [-0.1, -0.05) is 30.3 Å². The molecule has 2 rings (SSSR count). The van der Waals surface area contributed by atoms with Crippen LogP contribution < -0.4 is 20.5 Å². The summed E-state index contributed by atoms with van der Waals surface area (Å²) in [6.45, 7) is 0.605. The lowest BCUT2D eigenvalue weighted by atomic mass is 10.1. The number of rotatable bonds is 8. The van der Waals surface area contributed by atoms with Gasteiger partial charge in [0.05, 0.1) is 20.8 Å². The molecule has 0 saturated carbocycles. The second kappa shape index (κ2) is 11.7. The molecule has 0 saturated heterocycles. The van der Waals surface area contributed by atoms with Crippen LogP contribution in [0.1, 0.15) is 5.56 Å². The Hall–Kier alpha value is -2.00. The maximum atomic E-state index is 6.06. The second-order valence-electron chi connectivity index (χ2n) is 6.23. The highest BCUT2D eigenvalue weighted by atomic mass is 127. The molecule has 1 unspecified atom stereocenters. The summed E-state index contributed by atoms with van der Waals surface area (Å²) in [6.07, 6.45) is 0.918. The molecule has 6 nitrogen and oxygen atoms in total. The summed E-state index contributed by atoms with van der Waals surface area (Å²) in [5.74, 6) is 1.68. The summed E-state index contributed by atoms with van der Waals surface area (Å²) < 4.78 is 10.5. The van der Waals surface area contributed by atoms with Crippen LogP contribution in [0.5, 0.6) is 11.5 Å². The summed E-state index contributed by atoms with van der Waals surface area (Å²) in [4.78, 5) is 6.67. The van der Waals surface area contributed by atoms with Crippen molar-refractivity contribution in [2.75, 3.05) is 40.2 Å². The Morgan fingerprint density at radius 1 is 1.07 bits per heavy atom. The van der Waals surface area contributed by atoms with E-state index in [4.69, 9.17) is 15.2 Å². The highest BCUT2D eigenvalue weighted by Gasteiger charge is 2.12. The number of likely N-dealkylation sites (N-methyl/N-ethyl adjacent to an activating group) is 1. The average molecular weight is 484 g/mol. The lowest BCUT2D eigenvalue weighted by molar-refractivity contribution is 0.298. The Labute approximate surface area is 178 Å². The zero-order valence-electron chi connectivity index (χ0n) is 16.3. The molecule has 0 aliphatic rings. The zero-order chi connectivity index (χ0) is 18.9. The second-order valence-corrected chi connectivity index (χ2v) is 6.23. The van der Waals surface area contributed by atoms with E-state index in [1.165, 1.54) is 5.56 Å². The first kappa shape index (κ1) is 23.0. The largest absolute Gasteiger partial charge is 0.493 e. The Morgan fingerprint density at radius 3 is 2.33 bits per heavy atom. The van der Waals surface area contributed by atoms with Gasteiger partial charge in [0.1, 0.15) is 0 Å². The highest BCUT2D eigenvalue weighted by Crippen LogP contribution is 2.29. The first-order valence-electron chi connectivity index (χ1n) is 8.52. The summed E-state index contributed by atoms with van der Waals surface area (Å²) in [6, 6.07) is 16.2. The van der Waals surface area contributed by atoms with E-state index >= 15 is 0 Å². The number of nitrogens with zero attached hydrogens (tertiary/aromatic N) is 2. The van der Waals surface area contributed by atoms with Crippen molar-refractivity contribution in [3.8, 4) is 11.5 Å². The number of methoxy groups -OCH3 is 2. The molecule has 0 radical (unpaired) electrons. The van der Waals surface area contributed by atoms with Crippen molar-refractivity contribution in [2.24, 2.45) is 10.7 Å². The number of hydrogen-bond acceptors (Lipinski definition) is 4. The van der Waals surface area contributed by atoms with Crippen molar-refractivity contribution in [3.05, 3.63) is 54.1 Å². The average Bonchev–Trinajstić information content (AvgIpc) is 2.65. The predicted molar refractivity (Wildman–Crippen MR) is 123 cm³/mol. The first-order chi connectivity index (χ1) is 12.5. The van der Waals surface area contributed by atoms with Crippen LogP contribution in [0.4, 0.5) is 5.69 Å². The Balaban J connectivity index is 0.00000364. The van der Waals surface area contributed by atoms with E-state index in [0.29, 0.717) is 24.0 Å². The molecule has 0 spiro atoms. The molecule has 0 aromatic heterocycles. The quantitative estimate of drug-likeness (QED) is 0.342. The third-order valence-electron chi connectivity index (χ3n) is 4.17. The van der Waals surface area contributed by atoms with Crippen LogP contribution in [-0.4, -0.2) is 51.8 Å². The van der Waals surface area contributed by atoms with Crippen LogP contribution in [0.2, 0.25) is 0 Å². The third kappa shape index (κ3) is 7.26. The number of ether oxygens (including phenoxy) is 2. The highest BCUT2D eigenvalue weighted by molar-refractivity contribution is 14.0. The fraction of sp³-hybridized carbons (Fsp3) is 0.350. The van der Waals surface area contributed by atoms with Crippen molar-refractivity contribution in [1.82, 2.24) is 4.90 Å². The number of halogens is 1. The fourth-order valence-electron chi connectivity index (χ4n) is 2.60. The molecule has 0 amide bonds. The molecular weight excluding hydrogens is 455 g/mol. The lowest BCUT2D eigenvalue weighted by Crippen LogP contribution is -2.34. The number of guanidine groups is 1. The summed E-state index contributed by atoms with van der Waals surface area (Å²) in [5, 5.41) is 3.10. The van der Waals surface area contributed by atoms with Crippen molar-refractivity contribution in [3.63, 3.8) is 0 Å². The van der Waals surface area contributed by atoms with Crippen LogP contribution in [0.15, 0.2) is 53.5 Å². The lowest BCUT2D eigenvalue weighted by Gasteiger charge is -2.23. The van der Waals surface area contributed by atoms with E-state index in [1.54, 1.807) is 14.2 Å². The Bertz CT molecular complexity index is 723. The van der Waals surface area contributed by atoms with Gasteiger partial charge in [0.2, 0.25) is 0 Å². The van der Waals surface area contributed by atoms with Crippen LogP contribution in [0.25, 0.3) is 0 Å². The van der Waals surface area contributed by atoms with Crippen LogP contribution >= 0.6 is 24.0 Å². The van der Waals surface area contributed by atoms with Crippen molar-refractivity contribution < 1.29 is 9.47 Å². The topological polar surface area (TPSA) is 72.1 Å². The van der Waals surface area contributed by atoms with Gasteiger partial charge in [0.25, 0.3) is 0 Å². The van der Waals surface area contributed by atoms with E-state index in [1.807, 2.05) is 24.3 Å². The monoisotopic (exact) mass is 484 g/mol. The number of aliphatic imine (C=N–C) groups is 1. The number of anilines is 1. The van der Waals surface area contributed by atoms with Crippen molar-refractivity contribution in [2.45, 2.75) is 12.5 Å². The van der Waals surface area contributed by atoms with Gasteiger partial charge in [-0.05, 0) is 38.2 Å². The van der Waals surface area contributed by atoms with E-state index < -0.39 is 0 Å². The number of nitrogens with one attached hydrogen (secondary N) is 1. The zero-order valence-corrected chi connectivity index (χ0v) is 18.6. The van der Waals surface area contributed by atoms with Gasteiger partial charge in [-0.2, -0.15) is 0 Å². The van der Waals surface area contributed by atoms with Gasteiger partial charge in [-0.25, -0.2) is 0 Å². The minimum Gasteiger partial charge on any atom is -0.493 e. The van der Waals surface area contributed by atoms with E-state index in [9.17, 15) is 0 Å². The molecule has 0 fully saturated rings. The minimum atomic E-state index is 0. The van der Waals surface area contributed by atoms with Crippen LogP contribution in [0, 0.1) is 0 Å². The van der Waals surface area contributed by atoms with E-state index in [2.05, 4.69) is 53.6 Å². The van der Waals surface area contributed by atoms with Crippen LogP contribution in [0.3, 0.4) is 0 Å². The van der Waals surface area contributed by atoms with Gasteiger partial charge in [-0.3, -0.25) is 4.99 Å². The summed E-state index contributed by atoms with van der Waals surface area (Å²) in [5.41, 5.74) is 8.14. The van der Waals surface area contributed by atoms with Crippen molar-refractivity contribution in [1.29, 1.82) is 0 Å². The number of nitrogens with two attached hydrogens (primary N) is 1. The molecule has 2 aromatic rings. The van der Waals surface area contributed by atoms with Crippen LogP contribution in [-0.2, 0) is 6.42 Å². The van der Waals surface area contributed by atoms with Gasteiger partial charge >= 0.3 is 0 Å². The maximum Gasteiger partial charge on any atom is 0.193 e. The number of hydrogen-bond donors (Lipinski definition) is 2. The molecule has 0 heterocycles. The molecule has 0 aliphatic carbocycles. The van der Waals surface area contributed by atoms with Crippen molar-refractivity contribution >= 4 is 35.6 Å². The predicted octanol–water partition coefficient (Wildman–Crippen LogP) is 3.22. The molecule has 3 N–H and O–H groups in total. The Kier molecular flexibility index (Phi) is 9.95. The van der Waals surface area contributed by atoms with E-state index in [-0.39, 0.29) is 30.0 Å². The molecule has 7 heteroatoms. The van der Waals surface area contributed by atoms with Gasteiger partial charge in [0, 0.05) is 17.8 Å². The molecule has 0 bridgehead atoms. The minimum absolute atomic E-state index is 0. The molecular formula is C20H29IN4O2. The SMILES string of the molecule is COc1ccc(NC(N)=NCC(Cc2ccccc2)N(C)C)cc1OC.I. The molecule has 27 heavy (non-hydrogen) atoms. The smallest absolute Gasteiger partial charge is 0.193 e. The van der Waals surface area contributed by atoms with Gasteiger partial charge in [-0.15, -0.1) is 24.0 Å². The fourth-order valence-corrected chi connectivity index (χ4v) is 2.60. The molecule has 148 valence electrons. The maximum absolute atomic E-state index is 6.06. The summed E-state index contributed by atoms with van der Waals surface area (Å²) in [7, 11) is 7.32. The van der Waals surface area contributed by atoms with E-state index in [0.717, 1.165) is 12.1 Å². The molecule has 0 aliphatic heterocycles. The standard InChI is InChI=1S/C20H28N4O2.HI/c1-24(2)17(12-15-8-6-5-7-9-15)14-22-20(21)23-16-10-11-18(25-3)19(13-16)26-4;/h5-11,13,17H,12,14H2,1-4H3,(H3,21,22,23);1H. The third-order valence-corrected chi connectivity index (χ3v) is 4.17. The normalized spacial score (nSPS) is 12.3. The molecule has 1 atom stereocenters. The molecule has 2 aromatic carbocycles.